The fourth-order valence-electron chi connectivity index (χ4n) is 1.84. The van der Waals surface area contributed by atoms with Gasteiger partial charge in [-0.05, 0) is 35.7 Å². The summed E-state index contributed by atoms with van der Waals surface area (Å²) in [5.74, 6) is 1.03. The molecule has 1 aromatic carbocycles. The summed E-state index contributed by atoms with van der Waals surface area (Å²) in [6.45, 7) is 4.18. The van der Waals surface area contributed by atoms with Crippen LogP contribution in [0.2, 0.25) is 0 Å². The highest BCUT2D eigenvalue weighted by Gasteiger charge is 2.14. The smallest absolute Gasteiger partial charge is 0.263 e. The van der Waals surface area contributed by atoms with Crippen LogP contribution in [0.25, 0.3) is 0 Å². The lowest BCUT2D eigenvalue weighted by molar-refractivity contribution is 0.601. The van der Waals surface area contributed by atoms with Gasteiger partial charge in [0.15, 0.2) is 0 Å². The number of sulfonamides is 1. The summed E-state index contributed by atoms with van der Waals surface area (Å²) in [4.78, 5) is 4.15. The summed E-state index contributed by atoms with van der Waals surface area (Å²) in [7, 11) is -1.88. The molecule has 0 atom stereocenters. The van der Waals surface area contributed by atoms with Gasteiger partial charge in [0.25, 0.3) is 10.0 Å². The first-order valence-corrected chi connectivity index (χ1v) is 8.17. The number of hydrogen-bond donors (Lipinski definition) is 2. The molecule has 0 saturated heterocycles. The molecule has 21 heavy (non-hydrogen) atoms. The van der Waals surface area contributed by atoms with Crippen LogP contribution in [0.3, 0.4) is 0 Å². The van der Waals surface area contributed by atoms with E-state index >= 15 is 0 Å². The molecule has 0 aliphatic rings. The van der Waals surface area contributed by atoms with Crippen LogP contribution >= 0.6 is 0 Å². The average molecular weight is 305 g/mol. The van der Waals surface area contributed by atoms with Gasteiger partial charge < -0.3 is 5.32 Å². The molecule has 0 aliphatic heterocycles. The van der Waals surface area contributed by atoms with E-state index in [0.29, 0.717) is 17.4 Å². The summed E-state index contributed by atoms with van der Waals surface area (Å²) in [6, 6.07) is 10.5. The Morgan fingerprint density at radius 3 is 2.19 bits per heavy atom. The summed E-state index contributed by atoms with van der Waals surface area (Å²) >= 11 is 0. The summed E-state index contributed by atoms with van der Waals surface area (Å²) in [5, 5.41) is 2.85. The number of nitrogens with one attached hydrogen (secondary N) is 2. The van der Waals surface area contributed by atoms with Crippen LogP contribution in [0.4, 0.5) is 11.5 Å². The maximum atomic E-state index is 12.2. The molecule has 0 amide bonds. The van der Waals surface area contributed by atoms with Crippen molar-refractivity contribution in [3.05, 3.63) is 48.2 Å². The van der Waals surface area contributed by atoms with Gasteiger partial charge in [-0.2, -0.15) is 0 Å². The van der Waals surface area contributed by atoms with Crippen molar-refractivity contribution in [3.8, 4) is 0 Å². The molecule has 0 fully saturated rings. The van der Waals surface area contributed by atoms with Crippen LogP contribution in [-0.4, -0.2) is 20.4 Å². The number of aromatic nitrogens is 1. The van der Waals surface area contributed by atoms with Crippen LogP contribution in [0.15, 0.2) is 47.5 Å². The second-order valence-electron chi connectivity index (χ2n) is 5.01. The third-order valence-corrected chi connectivity index (χ3v) is 4.50. The normalized spacial score (nSPS) is 11.4. The Morgan fingerprint density at radius 1 is 1.05 bits per heavy atom. The average Bonchev–Trinajstić information content (AvgIpc) is 2.47. The molecule has 0 unspecified atom stereocenters. The fraction of sp³-hybridized carbons (Fsp3) is 0.267. The van der Waals surface area contributed by atoms with Gasteiger partial charge in [-0.15, -0.1) is 0 Å². The molecule has 0 saturated carbocycles. The quantitative estimate of drug-likeness (QED) is 0.890. The van der Waals surface area contributed by atoms with Crippen LogP contribution in [0.1, 0.15) is 25.3 Å². The van der Waals surface area contributed by atoms with E-state index in [1.165, 1.54) is 12.3 Å². The molecule has 2 rings (SSSR count). The lowest BCUT2D eigenvalue weighted by Gasteiger charge is -2.10. The molecule has 0 radical (unpaired) electrons. The number of pyridine rings is 1. The first kappa shape index (κ1) is 15.3. The molecule has 1 aromatic heterocycles. The molecule has 0 aliphatic carbocycles. The highest BCUT2D eigenvalue weighted by atomic mass is 32.2. The zero-order valence-electron chi connectivity index (χ0n) is 12.3. The Hall–Kier alpha value is -2.08. The Morgan fingerprint density at radius 2 is 1.71 bits per heavy atom. The Balaban J connectivity index is 2.19. The number of anilines is 2. The van der Waals surface area contributed by atoms with Gasteiger partial charge in [0, 0.05) is 18.9 Å². The van der Waals surface area contributed by atoms with Gasteiger partial charge in [-0.25, -0.2) is 13.4 Å². The number of hydrogen-bond acceptors (Lipinski definition) is 4. The number of nitrogens with zero attached hydrogens (tertiary/aromatic N) is 1. The topological polar surface area (TPSA) is 71.1 Å². The van der Waals surface area contributed by atoms with Gasteiger partial charge >= 0.3 is 0 Å². The van der Waals surface area contributed by atoms with E-state index in [1.807, 2.05) is 12.1 Å². The minimum Gasteiger partial charge on any atom is -0.373 e. The largest absolute Gasteiger partial charge is 0.373 e. The zero-order chi connectivity index (χ0) is 15.5. The molecule has 112 valence electrons. The molecule has 0 bridgehead atoms. The lowest BCUT2D eigenvalue weighted by atomic mass is 10.0. The fourth-order valence-corrected chi connectivity index (χ4v) is 2.84. The van der Waals surface area contributed by atoms with Crippen molar-refractivity contribution in [2.24, 2.45) is 0 Å². The summed E-state index contributed by atoms with van der Waals surface area (Å²) in [6.07, 6.45) is 1.33. The first-order valence-electron chi connectivity index (χ1n) is 6.69. The number of benzene rings is 1. The number of rotatable bonds is 5. The molecule has 2 aromatic rings. The molecular formula is C15H19N3O2S. The van der Waals surface area contributed by atoms with Crippen molar-refractivity contribution in [1.82, 2.24) is 4.98 Å². The van der Waals surface area contributed by atoms with E-state index < -0.39 is 10.0 Å². The van der Waals surface area contributed by atoms with Crippen molar-refractivity contribution in [2.45, 2.75) is 24.7 Å². The van der Waals surface area contributed by atoms with Gasteiger partial charge in [-0.3, -0.25) is 4.72 Å². The van der Waals surface area contributed by atoms with Gasteiger partial charge in [-0.1, -0.05) is 26.0 Å². The second-order valence-corrected chi connectivity index (χ2v) is 6.69. The van der Waals surface area contributed by atoms with E-state index in [2.05, 4.69) is 28.9 Å². The zero-order valence-corrected chi connectivity index (χ0v) is 13.1. The van der Waals surface area contributed by atoms with Crippen molar-refractivity contribution in [1.29, 1.82) is 0 Å². The minimum atomic E-state index is -3.61. The molecule has 0 spiro atoms. The maximum absolute atomic E-state index is 12.2. The standard InChI is InChI=1S/C15H19N3O2S/c1-11(2)12-4-6-13(7-5-12)18-21(19,20)14-8-9-15(16-3)17-10-14/h4-11,18H,1-3H3,(H,16,17). The predicted octanol–water partition coefficient (Wildman–Crippen LogP) is 3.05. The highest BCUT2D eigenvalue weighted by molar-refractivity contribution is 7.92. The molecular weight excluding hydrogens is 286 g/mol. The first-order chi connectivity index (χ1) is 9.92. The Labute approximate surface area is 125 Å². The highest BCUT2D eigenvalue weighted by Crippen LogP contribution is 2.20. The second kappa shape index (κ2) is 6.13. The predicted molar refractivity (Wildman–Crippen MR) is 85.1 cm³/mol. The summed E-state index contributed by atoms with van der Waals surface area (Å²) < 4.78 is 27.0. The van der Waals surface area contributed by atoms with Gasteiger partial charge in [0.1, 0.15) is 10.7 Å². The van der Waals surface area contributed by atoms with Crippen molar-refractivity contribution in [3.63, 3.8) is 0 Å². The molecule has 5 nitrogen and oxygen atoms in total. The van der Waals surface area contributed by atoms with E-state index in [9.17, 15) is 8.42 Å². The third-order valence-electron chi connectivity index (χ3n) is 3.13. The van der Waals surface area contributed by atoms with Gasteiger partial charge in [0.05, 0.1) is 0 Å². The van der Waals surface area contributed by atoms with Crippen LogP contribution in [0.5, 0.6) is 0 Å². The molecule has 2 N–H and O–H groups in total. The van der Waals surface area contributed by atoms with Crippen molar-refractivity contribution < 1.29 is 8.42 Å². The van der Waals surface area contributed by atoms with Crippen LogP contribution in [0, 0.1) is 0 Å². The van der Waals surface area contributed by atoms with E-state index in [4.69, 9.17) is 0 Å². The van der Waals surface area contributed by atoms with Crippen LogP contribution in [-0.2, 0) is 10.0 Å². The Kier molecular flexibility index (Phi) is 4.47. The van der Waals surface area contributed by atoms with Crippen LogP contribution < -0.4 is 10.0 Å². The maximum Gasteiger partial charge on any atom is 0.263 e. The SMILES string of the molecule is CNc1ccc(S(=O)(=O)Nc2ccc(C(C)C)cc2)cn1. The van der Waals surface area contributed by atoms with E-state index in [1.54, 1.807) is 25.2 Å². The lowest BCUT2D eigenvalue weighted by Crippen LogP contribution is -2.13. The van der Waals surface area contributed by atoms with Gasteiger partial charge in [0.2, 0.25) is 0 Å². The molecule has 1 heterocycles. The van der Waals surface area contributed by atoms with E-state index in [-0.39, 0.29) is 4.90 Å². The Bertz CT molecular complexity index is 693. The van der Waals surface area contributed by atoms with Crippen molar-refractivity contribution in [2.75, 3.05) is 17.1 Å². The monoisotopic (exact) mass is 305 g/mol. The minimum absolute atomic E-state index is 0.134. The summed E-state index contributed by atoms with van der Waals surface area (Å²) in [5.41, 5.74) is 1.70. The molecule has 6 heteroatoms. The van der Waals surface area contributed by atoms with E-state index in [0.717, 1.165) is 5.56 Å². The van der Waals surface area contributed by atoms with Crippen molar-refractivity contribution >= 4 is 21.5 Å². The third kappa shape index (κ3) is 3.72.